The number of hydrogen-bond donors (Lipinski definition) is 2. The van der Waals surface area contributed by atoms with Crippen LogP contribution in [0.25, 0.3) is 0 Å². The van der Waals surface area contributed by atoms with E-state index in [9.17, 15) is 4.79 Å². The minimum absolute atomic E-state index is 0.0382. The van der Waals surface area contributed by atoms with Gasteiger partial charge >= 0.3 is 0 Å². The third kappa shape index (κ3) is 3.69. The van der Waals surface area contributed by atoms with Gasteiger partial charge in [0, 0.05) is 12.5 Å². The predicted molar refractivity (Wildman–Crippen MR) is 72.7 cm³/mol. The molecule has 2 aliphatic rings. The number of hydrazine groups is 1. The van der Waals surface area contributed by atoms with Crippen LogP contribution < -0.4 is 11.3 Å². The number of hydrogen-bond acceptors (Lipinski definition) is 3. The summed E-state index contributed by atoms with van der Waals surface area (Å²) in [5, 5.41) is 0. The fourth-order valence-corrected chi connectivity index (χ4v) is 3.68. The molecule has 104 valence electrons. The maximum atomic E-state index is 11.0. The molecule has 1 saturated carbocycles. The molecular weight excluding hydrogens is 226 g/mol. The highest BCUT2D eigenvalue weighted by Crippen LogP contribution is 2.35. The number of rotatable bonds is 6. The van der Waals surface area contributed by atoms with E-state index in [1.54, 1.807) is 0 Å². The fraction of sp³-hybridized carbons (Fsp3) is 0.929. The first-order valence-electron chi connectivity index (χ1n) is 7.55. The Balaban J connectivity index is 1.66. The van der Waals surface area contributed by atoms with Crippen LogP contribution in [0.2, 0.25) is 0 Å². The van der Waals surface area contributed by atoms with Crippen LogP contribution in [-0.2, 0) is 4.79 Å². The Kier molecular flexibility index (Phi) is 5.45. The molecule has 0 aromatic carbocycles. The zero-order chi connectivity index (χ0) is 12.8. The lowest BCUT2D eigenvalue weighted by Gasteiger charge is -2.29. The highest BCUT2D eigenvalue weighted by Gasteiger charge is 2.32. The molecule has 2 rings (SSSR count). The molecular formula is C14H27N3O. The Morgan fingerprint density at radius 2 is 1.94 bits per heavy atom. The Labute approximate surface area is 110 Å². The highest BCUT2D eigenvalue weighted by molar-refractivity contribution is 5.75. The van der Waals surface area contributed by atoms with E-state index in [0.29, 0.717) is 6.42 Å². The minimum atomic E-state index is -0.0382. The first kappa shape index (κ1) is 13.8. The molecule has 3 N–H and O–H groups in total. The average molecular weight is 253 g/mol. The number of nitrogens with one attached hydrogen (secondary N) is 1. The van der Waals surface area contributed by atoms with Gasteiger partial charge in [0.15, 0.2) is 0 Å². The second kappa shape index (κ2) is 7.10. The maximum absolute atomic E-state index is 11.0. The van der Waals surface area contributed by atoms with E-state index in [1.807, 2.05) is 0 Å². The molecule has 0 bridgehead atoms. The van der Waals surface area contributed by atoms with Crippen molar-refractivity contribution in [3.8, 4) is 0 Å². The quantitative estimate of drug-likeness (QED) is 0.328. The van der Waals surface area contributed by atoms with Crippen molar-refractivity contribution in [1.82, 2.24) is 10.3 Å². The van der Waals surface area contributed by atoms with Crippen molar-refractivity contribution in [1.29, 1.82) is 0 Å². The molecule has 1 aliphatic carbocycles. The fourth-order valence-electron chi connectivity index (χ4n) is 3.68. The topological polar surface area (TPSA) is 58.4 Å². The normalized spacial score (nSPS) is 25.7. The minimum Gasteiger partial charge on any atom is -0.300 e. The monoisotopic (exact) mass is 253 g/mol. The van der Waals surface area contributed by atoms with Crippen LogP contribution in [0, 0.1) is 5.92 Å². The summed E-state index contributed by atoms with van der Waals surface area (Å²) < 4.78 is 0. The molecule has 1 saturated heterocycles. The van der Waals surface area contributed by atoms with Gasteiger partial charge in [-0.1, -0.05) is 12.8 Å². The number of likely N-dealkylation sites (tertiary alicyclic amines) is 1. The van der Waals surface area contributed by atoms with Crippen LogP contribution in [0.3, 0.4) is 0 Å². The van der Waals surface area contributed by atoms with E-state index < -0.39 is 0 Å². The van der Waals surface area contributed by atoms with Gasteiger partial charge in [-0.05, 0) is 57.5 Å². The van der Waals surface area contributed by atoms with Crippen molar-refractivity contribution in [2.75, 3.05) is 13.1 Å². The molecule has 4 heteroatoms. The van der Waals surface area contributed by atoms with E-state index in [0.717, 1.165) is 24.8 Å². The summed E-state index contributed by atoms with van der Waals surface area (Å²) in [6.07, 6.45) is 11.2. The number of amides is 1. The lowest BCUT2D eigenvalue weighted by molar-refractivity contribution is -0.121. The summed E-state index contributed by atoms with van der Waals surface area (Å²) in [6.45, 7) is 2.43. The predicted octanol–water partition coefficient (Wildman–Crippen LogP) is 1.80. The van der Waals surface area contributed by atoms with Crippen LogP contribution in [0.15, 0.2) is 0 Å². The Morgan fingerprint density at radius 3 is 2.67 bits per heavy atom. The van der Waals surface area contributed by atoms with Crippen molar-refractivity contribution in [3.63, 3.8) is 0 Å². The Hall–Kier alpha value is -0.610. The molecule has 0 radical (unpaired) electrons. The van der Waals surface area contributed by atoms with E-state index >= 15 is 0 Å². The molecule has 1 heterocycles. The third-order valence-corrected chi connectivity index (χ3v) is 4.62. The summed E-state index contributed by atoms with van der Waals surface area (Å²) in [6, 6.07) is 0.843. The van der Waals surface area contributed by atoms with Gasteiger partial charge in [-0.15, -0.1) is 0 Å². The number of nitrogens with zero attached hydrogens (tertiary/aromatic N) is 1. The molecule has 0 aromatic heterocycles. The third-order valence-electron chi connectivity index (χ3n) is 4.62. The van der Waals surface area contributed by atoms with Gasteiger partial charge in [0.1, 0.15) is 0 Å². The van der Waals surface area contributed by atoms with Gasteiger partial charge in [-0.2, -0.15) is 0 Å². The summed E-state index contributed by atoms with van der Waals surface area (Å²) in [5.41, 5.74) is 2.19. The summed E-state index contributed by atoms with van der Waals surface area (Å²) in [5.74, 6) is 5.99. The molecule has 1 unspecified atom stereocenters. The first-order valence-corrected chi connectivity index (χ1v) is 7.55. The number of carbonyl (C=O) groups excluding carboxylic acids is 1. The second-order valence-corrected chi connectivity index (χ2v) is 5.81. The van der Waals surface area contributed by atoms with Crippen LogP contribution >= 0.6 is 0 Å². The van der Waals surface area contributed by atoms with Gasteiger partial charge in [-0.3, -0.25) is 10.2 Å². The van der Waals surface area contributed by atoms with Crippen molar-refractivity contribution in [2.24, 2.45) is 11.8 Å². The summed E-state index contributed by atoms with van der Waals surface area (Å²) in [7, 11) is 0. The summed E-state index contributed by atoms with van der Waals surface area (Å²) in [4.78, 5) is 13.7. The number of unbranched alkanes of at least 4 members (excludes halogenated alkanes) is 1. The molecule has 2 fully saturated rings. The van der Waals surface area contributed by atoms with E-state index in [2.05, 4.69) is 10.3 Å². The first-order chi connectivity index (χ1) is 8.81. The van der Waals surface area contributed by atoms with E-state index in [-0.39, 0.29) is 5.91 Å². The second-order valence-electron chi connectivity index (χ2n) is 5.81. The van der Waals surface area contributed by atoms with Crippen molar-refractivity contribution in [2.45, 2.75) is 63.8 Å². The smallest absolute Gasteiger partial charge is 0.233 e. The van der Waals surface area contributed by atoms with Gasteiger partial charge < -0.3 is 4.90 Å². The Bertz CT molecular complexity index is 264. The van der Waals surface area contributed by atoms with Crippen LogP contribution in [0.5, 0.6) is 0 Å². The van der Waals surface area contributed by atoms with Gasteiger partial charge in [0.05, 0.1) is 0 Å². The molecule has 1 amide bonds. The molecule has 4 nitrogen and oxygen atoms in total. The standard InChI is InChI=1S/C14H27N3O/c15-16-14(18)9-3-4-10-17-11-5-8-13(17)12-6-1-2-7-12/h12-13H,1-11,15H2,(H,16,18). The largest absolute Gasteiger partial charge is 0.300 e. The number of nitrogens with two attached hydrogens (primary N) is 1. The van der Waals surface area contributed by atoms with Crippen molar-refractivity contribution in [3.05, 3.63) is 0 Å². The SMILES string of the molecule is NNC(=O)CCCCN1CCCC1C1CCCC1. The maximum Gasteiger partial charge on any atom is 0.233 e. The van der Waals surface area contributed by atoms with Crippen molar-refractivity contribution < 1.29 is 4.79 Å². The number of carbonyl (C=O) groups is 1. The van der Waals surface area contributed by atoms with E-state index in [1.165, 1.54) is 51.6 Å². The van der Waals surface area contributed by atoms with Crippen LogP contribution in [0.4, 0.5) is 0 Å². The van der Waals surface area contributed by atoms with Crippen LogP contribution in [0.1, 0.15) is 57.8 Å². The Morgan fingerprint density at radius 1 is 1.17 bits per heavy atom. The highest BCUT2D eigenvalue weighted by atomic mass is 16.2. The van der Waals surface area contributed by atoms with E-state index in [4.69, 9.17) is 5.84 Å². The van der Waals surface area contributed by atoms with Crippen LogP contribution in [-0.4, -0.2) is 29.9 Å². The van der Waals surface area contributed by atoms with Gasteiger partial charge in [0.2, 0.25) is 5.91 Å². The molecule has 18 heavy (non-hydrogen) atoms. The van der Waals surface area contributed by atoms with Gasteiger partial charge in [0.25, 0.3) is 0 Å². The zero-order valence-electron chi connectivity index (χ0n) is 11.4. The lowest BCUT2D eigenvalue weighted by atomic mass is 9.96. The zero-order valence-corrected chi connectivity index (χ0v) is 11.4. The molecule has 1 atom stereocenters. The summed E-state index contributed by atoms with van der Waals surface area (Å²) >= 11 is 0. The lowest BCUT2D eigenvalue weighted by Crippen LogP contribution is -2.35. The van der Waals surface area contributed by atoms with Crippen molar-refractivity contribution >= 4 is 5.91 Å². The van der Waals surface area contributed by atoms with Gasteiger partial charge in [-0.25, -0.2) is 5.84 Å². The molecule has 0 aromatic rings. The average Bonchev–Trinajstić information content (AvgIpc) is 3.04. The molecule has 0 spiro atoms. The molecule has 1 aliphatic heterocycles.